The van der Waals surface area contributed by atoms with Crippen LogP contribution in [0.1, 0.15) is 16.2 Å². The van der Waals surface area contributed by atoms with E-state index in [0.29, 0.717) is 17.1 Å². The maximum absolute atomic E-state index is 10.8. The third kappa shape index (κ3) is 1.96. The maximum atomic E-state index is 10.8. The Morgan fingerprint density at radius 3 is 2.82 bits per heavy atom. The summed E-state index contributed by atoms with van der Waals surface area (Å²) in [6.07, 6.45) is 0. The summed E-state index contributed by atoms with van der Waals surface area (Å²) in [7, 11) is 1.57. The van der Waals surface area contributed by atoms with Crippen molar-refractivity contribution in [3.8, 4) is 11.4 Å². The van der Waals surface area contributed by atoms with Crippen LogP contribution in [0.2, 0.25) is 0 Å². The van der Waals surface area contributed by atoms with Crippen LogP contribution in [0.25, 0.3) is 5.69 Å². The van der Waals surface area contributed by atoms with E-state index in [4.69, 9.17) is 9.84 Å². The minimum atomic E-state index is -1.09. The normalized spacial score (nSPS) is 10.2. The van der Waals surface area contributed by atoms with E-state index in [1.54, 1.807) is 38.3 Å². The van der Waals surface area contributed by atoms with Gasteiger partial charge in [0, 0.05) is 6.07 Å². The van der Waals surface area contributed by atoms with Gasteiger partial charge in [0.2, 0.25) is 0 Å². The molecular weight excluding hydrogens is 222 g/mol. The van der Waals surface area contributed by atoms with E-state index >= 15 is 0 Å². The lowest BCUT2D eigenvalue weighted by atomic mass is 10.3. The molecule has 2 aromatic rings. The fourth-order valence-corrected chi connectivity index (χ4v) is 1.51. The molecule has 0 radical (unpaired) electrons. The summed E-state index contributed by atoms with van der Waals surface area (Å²) < 4.78 is 6.56. The summed E-state index contributed by atoms with van der Waals surface area (Å²) in [5.41, 5.74) is 1.14. The molecule has 0 saturated carbocycles. The highest BCUT2D eigenvalue weighted by Crippen LogP contribution is 2.17. The molecule has 1 aromatic carbocycles. The maximum Gasteiger partial charge on any atom is 0.358 e. The molecule has 17 heavy (non-hydrogen) atoms. The zero-order valence-electron chi connectivity index (χ0n) is 9.41. The van der Waals surface area contributed by atoms with Gasteiger partial charge in [0.05, 0.1) is 18.5 Å². The molecule has 0 aliphatic heterocycles. The van der Waals surface area contributed by atoms with Crippen LogP contribution in [0.3, 0.4) is 0 Å². The van der Waals surface area contributed by atoms with Crippen LogP contribution in [0.5, 0.6) is 5.75 Å². The van der Waals surface area contributed by atoms with Crippen molar-refractivity contribution in [2.75, 3.05) is 7.11 Å². The molecule has 1 heterocycles. The van der Waals surface area contributed by atoms with Crippen LogP contribution in [0.4, 0.5) is 0 Å². The minimum Gasteiger partial charge on any atom is -0.497 e. The highest BCUT2D eigenvalue weighted by Gasteiger charge is 2.16. The molecule has 0 saturated heterocycles. The molecular formula is C11H11N3O3. The Morgan fingerprint density at radius 2 is 2.24 bits per heavy atom. The van der Waals surface area contributed by atoms with Crippen LogP contribution < -0.4 is 4.74 Å². The zero-order valence-corrected chi connectivity index (χ0v) is 9.41. The van der Waals surface area contributed by atoms with Crippen LogP contribution in [0, 0.1) is 6.92 Å². The molecule has 6 nitrogen and oxygen atoms in total. The number of methoxy groups -OCH3 is 1. The predicted octanol–water partition coefficient (Wildman–Crippen LogP) is 1.28. The summed E-state index contributed by atoms with van der Waals surface area (Å²) in [5.74, 6) is -0.411. The third-order valence-corrected chi connectivity index (χ3v) is 2.40. The second-order valence-electron chi connectivity index (χ2n) is 3.44. The molecule has 0 aliphatic carbocycles. The quantitative estimate of drug-likeness (QED) is 0.864. The molecule has 1 aromatic heterocycles. The van der Waals surface area contributed by atoms with Crippen LogP contribution in [0.15, 0.2) is 24.3 Å². The van der Waals surface area contributed by atoms with E-state index in [1.807, 2.05) is 0 Å². The summed E-state index contributed by atoms with van der Waals surface area (Å²) in [4.78, 5) is 10.8. The first-order chi connectivity index (χ1) is 8.13. The molecule has 0 atom stereocenters. The molecule has 0 unspecified atom stereocenters. The number of ether oxygens (including phenoxy) is 1. The molecule has 0 fully saturated rings. The predicted molar refractivity (Wildman–Crippen MR) is 59.6 cm³/mol. The van der Waals surface area contributed by atoms with E-state index in [-0.39, 0.29) is 5.69 Å². The summed E-state index contributed by atoms with van der Waals surface area (Å²) in [6, 6.07) is 7.16. The molecule has 2 rings (SSSR count). The Hall–Kier alpha value is -2.37. The topological polar surface area (TPSA) is 77.2 Å². The first-order valence-electron chi connectivity index (χ1n) is 4.93. The second kappa shape index (κ2) is 4.25. The Balaban J connectivity index is 2.49. The van der Waals surface area contributed by atoms with Crippen LogP contribution in [-0.4, -0.2) is 33.2 Å². The van der Waals surface area contributed by atoms with Gasteiger partial charge in [0.25, 0.3) is 0 Å². The van der Waals surface area contributed by atoms with Gasteiger partial charge in [-0.2, -0.15) is 0 Å². The van der Waals surface area contributed by atoms with Crippen molar-refractivity contribution in [3.63, 3.8) is 0 Å². The highest BCUT2D eigenvalue weighted by molar-refractivity contribution is 5.86. The minimum absolute atomic E-state index is 0.0483. The van der Waals surface area contributed by atoms with Crippen molar-refractivity contribution in [2.24, 2.45) is 0 Å². The van der Waals surface area contributed by atoms with E-state index in [9.17, 15) is 4.79 Å². The van der Waals surface area contributed by atoms with Crippen molar-refractivity contribution in [3.05, 3.63) is 35.7 Å². The molecule has 6 heteroatoms. The Morgan fingerprint density at radius 1 is 1.47 bits per heavy atom. The van der Waals surface area contributed by atoms with E-state index in [1.165, 1.54) is 4.68 Å². The summed E-state index contributed by atoms with van der Waals surface area (Å²) in [5, 5.41) is 16.3. The van der Waals surface area contributed by atoms with Crippen molar-refractivity contribution in [1.82, 2.24) is 15.0 Å². The standard InChI is InChI=1S/C11H11N3O3/c1-7-10(11(15)16)12-13-14(7)8-4-3-5-9(6-8)17-2/h3-6H,1-2H3,(H,15,16). The molecule has 0 bridgehead atoms. The lowest BCUT2D eigenvalue weighted by Gasteiger charge is -2.05. The van der Waals surface area contributed by atoms with Gasteiger partial charge in [-0.1, -0.05) is 11.3 Å². The molecule has 88 valence electrons. The van der Waals surface area contributed by atoms with Gasteiger partial charge >= 0.3 is 5.97 Å². The van der Waals surface area contributed by atoms with Crippen molar-refractivity contribution < 1.29 is 14.6 Å². The Kier molecular flexibility index (Phi) is 2.78. The smallest absolute Gasteiger partial charge is 0.358 e. The van der Waals surface area contributed by atoms with Gasteiger partial charge in [-0.05, 0) is 19.1 Å². The number of hydrogen-bond donors (Lipinski definition) is 1. The number of hydrogen-bond acceptors (Lipinski definition) is 4. The Labute approximate surface area is 97.4 Å². The van der Waals surface area contributed by atoms with E-state index < -0.39 is 5.97 Å². The molecule has 1 N–H and O–H groups in total. The zero-order chi connectivity index (χ0) is 12.4. The third-order valence-electron chi connectivity index (χ3n) is 2.40. The first kappa shape index (κ1) is 11.1. The average Bonchev–Trinajstić information content (AvgIpc) is 2.71. The number of aromatic carboxylic acids is 1. The summed E-state index contributed by atoms with van der Waals surface area (Å²) >= 11 is 0. The fourth-order valence-electron chi connectivity index (χ4n) is 1.51. The van der Waals surface area contributed by atoms with E-state index in [2.05, 4.69) is 10.3 Å². The number of carbonyl (C=O) groups is 1. The monoisotopic (exact) mass is 233 g/mol. The number of nitrogens with zero attached hydrogens (tertiary/aromatic N) is 3. The number of benzene rings is 1. The number of carboxylic acids is 1. The van der Waals surface area contributed by atoms with Gasteiger partial charge in [-0.25, -0.2) is 9.48 Å². The fraction of sp³-hybridized carbons (Fsp3) is 0.182. The number of rotatable bonds is 3. The van der Waals surface area contributed by atoms with Gasteiger partial charge in [0.15, 0.2) is 5.69 Å². The van der Waals surface area contributed by atoms with Crippen molar-refractivity contribution in [2.45, 2.75) is 6.92 Å². The van der Waals surface area contributed by atoms with Crippen molar-refractivity contribution >= 4 is 5.97 Å². The van der Waals surface area contributed by atoms with Gasteiger partial charge in [-0.3, -0.25) is 0 Å². The lowest BCUT2D eigenvalue weighted by molar-refractivity contribution is 0.0689. The van der Waals surface area contributed by atoms with Gasteiger partial charge < -0.3 is 9.84 Å². The van der Waals surface area contributed by atoms with Crippen LogP contribution >= 0.6 is 0 Å². The van der Waals surface area contributed by atoms with E-state index in [0.717, 1.165) is 0 Å². The average molecular weight is 233 g/mol. The highest BCUT2D eigenvalue weighted by atomic mass is 16.5. The SMILES string of the molecule is COc1cccc(-n2nnc(C(=O)O)c2C)c1. The largest absolute Gasteiger partial charge is 0.497 e. The van der Waals surface area contributed by atoms with Gasteiger partial charge in [0.1, 0.15) is 5.75 Å². The van der Waals surface area contributed by atoms with Crippen LogP contribution in [-0.2, 0) is 0 Å². The second-order valence-corrected chi connectivity index (χ2v) is 3.44. The first-order valence-corrected chi connectivity index (χ1v) is 4.93. The number of aromatic nitrogens is 3. The summed E-state index contributed by atoms with van der Waals surface area (Å²) in [6.45, 7) is 1.66. The number of carboxylic acid groups (broad SMARTS) is 1. The molecule has 0 aliphatic rings. The molecule has 0 amide bonds. The molecule has 0 spiro atoms. The van der Waals surface area contributed by atoms with Gasteiger partial charge in [-0.15, -0.1) is 5.10 Å². The van der Waals surface area contributed by atoms with Crippen molar-refractivity contribution in [1.29, 1.82) is 0 Å². The Bertz CT molecular complexity index is 563. The lowest BCUT2D eigenvalue weighted by Crippen LogP contribution is -2.02.